The fraction of sp³-hybridized carbons (Fsp3) is 0.571. The number of anilines is 1. The summed E-state index contributed by atoms with van der Waals surface area (Å²) in [6, 6.07) is 6.71. The second-order valence-electron chi connectivity index (χ2n) is 4.51. The van der Waals surface area contributed by atoms with Crippen LogP contribution in [0.1, 0.15) is 31.9 Å². The number of hydrogen-bond donors (Lipinski definition) is 1. The largest absolute Gasteiger partial charge is 0.389 e. The maximum Gasteiger partial charge on any atom is 0.0772 e. The van der Waals surface area contributed by atoms with E-state index in [2.05, 4.69) is 53.2 Å². The van der Waals surface area contributed by atoms with Gasteiger partial charge >= 0.3 is 0 Å². The third-order valence-corrected chi connectivity index (χ3v) is 4.62. The Morgan fingerprint density at radius 2 is 2.11 bits per heavy atom. The van der Waals surface area contributed by atoms with Crippen molar-refractivity contribution in [3.05, 3.63) is 28.2 Å². The van der Waals surface area contributed by atoms with Gasteiger partial charge in [0.1, 0.15) is 0 Å². The SMILES string of the molecule is CCC(CSC)N(C)c1ccc([C@H](C)O)c(Br)c1. The van der Waals surface area contributed by atoms with Crippen molar-refractivity contribution in [2.75, 3.05) is 24.0 Å². The Morgan fingerprint density at radius 1 is 1.44 bits per heavy atom. The fourth-order valence-electron chi connectivity index (χ4n) is 1.98. The quantitative estimate of drug-likeness (QED) is 0.849. The van der Waals surface area contributed by atoms with Crippen molar-refractivity contribution in [2.24, 2.45) is 0 Å². The smallest absolute Gasteiger partial charge is 0.0772 e. The molecule has 0 aliphatic rings. The van der Waals surface area contributed by atoms with Crippen molar-refractivity contribution in [3.63, 3.8) is 0 Å². The molecule has 1 aromatic rings. The van der Waals surface area contributed by atoms with Crippen molar-refractivity contribution in [1.82, 2.24) is 0 Å². The maximum atomic E-state index is 9.63. The predicted octanol–water partition coefficient (Wildman–Crippen LogP) is 4.08. The van der Waals surface area contributed by atoms with E-state index in [0.717, 1.165) is 22.2 Å². The lowest BCUT2D eigenvalue weighted by molar-refractivity contribution is 0.198. The number of aliphatic hydroxyl groups excluding tert-OH is 1. The molecule has 1 aromatic carbocycles. The number of benzene rings is 1. The van der Waals surface area contributed by atoms with E-state index in [9.17, 15) is 5.11 Å². The van der Waals surface area contributed by atoms with Crippen LogP contribution >= 0.6 is 27.7 Å². The summed E-state index contributed by atoms with van der Waals surface area (Å²) in [5, 5.41) is 9.63. The van der Waals surface area contributed by atoms with Gasteiger partial charge in [0.2, 0.25) is 0 Å². The molecule has 0 radical (unpaired) electrons. The van der Waals surface area contributed by atoms with Crippen molar-refractivity contribution >= 4 is 33.4 Å². The summed E-state index contributed by atoms with van der Waals surface area (Å²) in [5.74, 6) is 1.13. The molecule has 0 amide bonds. The Bertz CT molecular complexity index is 384. The summed E-state index contributed by atoms with van der Waals surface area (Å²) in [4.78, 5) is 2.31. The molecule has 0 aliphatic heterocycles. The van der Waals surface area contributed by atoms with Gasteiger partial charge in [0, 0.05) is 29.0 Å². The molecule has 0 aromatic heterocycles. The van der Waals surface area contributed by atoms with Crippen LogP contribution in [-0.2, 0) is 0 Å². The van der Waals surface area contributed by atoms with E-state index in [4.69, 9.17) is 0 Å². The summed E-state index contributed by atoms with van der Waals surface area (Å²) in [7, 11) is 2.13. The molecule has 102 valence electrons. The highest BCUT2D eigenvalue weighted by atomic mass is 79.9. The molecule has 2 nitrogen and oxygen atoms in total. The molecule has 0 saturated carbocycles. The first-order chi connectivity index (χ1) is 8.51. The summed E-state index contributed by atoms with van der Waals surface area (Å²) < 4.78 is 0.973. The summed E-state index contributed by atoms with van der Waals surface area (Å²) in [6.07, 6.45) is 2.84. The maximum absolute atomic E-state index is 9.63. The minimum atomic E-state index is -0.438. The van der Waals surface area contributed by atoms with Gasteiger partial charge in [-0.3, -0.25) is 0 Å². The van der Waals surface area contributed by atoms with Gasteiger partial charge in [-0.05, 0) is 37.3 Å². The normalized spacial score (nSPS) is 14.3. The number of hydrogen-bond acceptors (Lipinski definition) is 3. The minimum Gasteiger partial charge on any atom is -0.389 e. The fourth-order valence-corrected chi connectivity index (χ4v) is 3.52. The number of aliphatic hydroxyl groups is 1. The third-order valence-electron chi connectivity index (χ3n) is 3.22. The van der Waals surface area contributed by atoms with Crippen molar-refractivity contribution in [2.45, 2.75) is 32.4 Å². The van der Waals surface area contributed by atoms with E-state index in [-0.39, 0.29) is 0 Å². The predicted molar refractivity (Wildman–Crippen MR) is 85.6 cm³/mol. The van der Waals surface area contributed by atoms with Gasteiger partial charge in [0.05, 0.1) is 6.10 Å². The lowest BCUT2D eigenvalue weighted by Crippen LogP contribution is -2.33. The molecule has 0 saturated heterocycles. The van der Waals surface area contributed by atoms with Crippen molar-refractivity contribution in [3.8, 4) is 0 Å². The Kier molecular flexibility index (Phi) is 6.53. The molecule has 0 fully saturated rings. The molecular formula is C14H22BrNOS. The van der Waals surface area contributed by atoms with Crippen molar-refractivity contribution < 1.29 is 5.11 Å². The van der Waals surface area contributed by atoms with Crippen LogP contribution in [0.4, 0.5) is 5.69 Å². The monoisotopic (exact) mass is 331 g/mol. The molecule has 0 bridgehead atoms. The Balaban J connectivity index is 2.92. The Morgan fingerprint density at radius 3 is 2.56 bits per heavy atom. The molecule has 0 spiro atoms. The Labute approximate surface area is 123 Å². The van der Waals surface area contributed by atoms with Crippen LogP contribution in [-0.4, -0.2) is 30.2 Å². The molecule has 0 heterocycles. The highest BCUT2D eigenvalue weighted by Gasteiger charge is 2.14. The average Bonchev–Trinajstić information content (AvgIpc) is 2.34. The highest BCUT2D eigenvalue weighted by molar-refractivity contribution is 9.10. The Hall–Kier alpha value is -0.190. The van der Waals surface area contributed by atoms with Gasteiger partial charge < -0.3 is 10.0 Å². The van der Waals surface area contributed by atoms with E-state index >= 15 is 0 Å². The summed E-state index contributed by atoms with van der Waals surface area (Å²) >= 11 is 5.41. The molecule has 1 rings (SSSR count). The van der Waals surface area contributed by atoms with Gasteiger partial charge in [-0.15, -0.1) is 0 Å². The zero-order chi connectivity index (χ0) is 13.7. The van der Waals surface area contributed by atoms with E-state index < -0.39 is 6.10 Å². The number of halogens is 1. The third kappa shape index (κ3) is 3.90. The number of rotatable bonds is 6. The van der Waals surface area contributed by atoms with Crippen LogP contribution in [0.25, 0.3) is 0 Å². The van der Waals surface area contributed by atoms with Crippen LogP contribution < -0.4 is 4.90 Å². The highest BCUT2D eigenvalue weighted by Crippen LogP contribution is 2.29. The van der Waals surface area contributed by atoms with E-state index in [1.54, 1.807) is 6.92 Å². The molecule has 4 heteroatoms. The van der Waals surface area contributed by atoms with Crippen LogP contribution in [0.15, 0.2) is 22.7 Å². The molecule has 1 unspecified atom stereocenters. The van der Waals surface area contributed by atoms with Crippen LogP contribution in [0.3, 0.4) is 0 Å². The summed E-state index contributed by atoms with van der Waals surface area (Å²) in [6.45, 7) is 4.00. The summed E-state index contributed by atoms with van der Waals surface area (Å²) in [5.41, 5.74) is 2.12. The van der Waals surface area contributed by atoms with Gasteiger partial charge in [0.15, 0.2) is 0 Å². The second kappa shape index (κ2) is 7.41. The van der Waals surface area contributed by atoms with Gasteiger partial charge in [-0.1, -0.05) is 28.9 Å². The topological polar surface area (TPSA) is 23.5 Å². The van der Waals surface area contributed by atoms with Crippen LogP contribution in [0, 0.1) is 0 Å². The van der Waals surface area contributed by atoms with Gasteiger partial charge in [-0.25, -0.2) is 0 Å². The van der Waals surface area contributed by atoms with E-state index in [1.807, 2.05) is 17.8 Å². The average molecular weight is 332 g/mol. The van der Waals surface area contributed by atoms with Gasteiger partial charge in [-0.2, -0.15) is 11.8 Å². The van der Waals surface area contributed by atoms with Crippen LogP contribution in [0.5, 0.6) is 0 Å². The molecular weight excluding hydrogens is 310 g/mol. The molecule has 2 atom stereocenters. The van der Waals surface area contributed by atoms with Crippen molar-refractivity contribution in [1.29, 1.82) is 0 Å². The first-order valence-electron chi connectivity index (χ1n) is 6.20. The van der Waals surface area contributed by atoms with E-state index in [0.29, 0.717) is 6.04 Å². The number of nitrogens with zero attached hydrogens (tertiary/aromatic N) is 1. The van der Waals surface area contributed by atoms with E-state index in [1.165, 1.54) is 5.69 Å². The molecule has 1 N–H and O–H groups in total. The van der Waals surface area contributed by atoms with Crippen LogP contribution in [0.2, 0.25) is 0 Å². The first kappa shape index (κ1) is 15.9. The zero-order valence-electron chi connectivity index (χ0n) is 11.5. The second-order valence-corrected chi connectivity index (χ2v) is 6.28. The minimum absolute atomic E-state index is 0.438. The molecule has 18 heavy (non-hydrogen) atoms. The molecule has 0 aliphatic carbocycles. The standard InChI is InChI=1S/C14H22BrNOS/c1-5-11(9-18-4)16(3)12-6-7-13(10(2)17)14(15)8-12/h6-8,10-11,17H,5,9H2,1-4H3/t10-,11?/m0/s1. The van der Waals surface area contributed by atoms with Gasteiger partial charge in [0.25, 0.3) is 0 Å². The first-order valence-corrected chi connectivity index (χ1v) is 8.39. The lowest BCUT2D eigenvalue weighted by atomic mass is 10.1. The lowest BCUT2D eigenvalue weighted by Gasteiger charge is -2.29. The number of thioether (sulfide) groups is 1. The zero-order valence-corrected chi connectivity index (χ0v) is 13.9.